The van der Waals surface area contributed by atoms with E-state index in [-0.39, 0.29) is 5.56 Å². The molecule has 0 amide bonds. The standard InChI is InChI=1S/C12H13ClO5/c1-16-8-5-7(10(14)12(15)17-2)9(13)6-3-4-18-11(6)8/h5,10,14H,3-4H2,1-2H3. The molecule has 6 heteroatoms. The van der Waals surface area contributed by atoms with Gasteiger partial charge in [0.1, 0.15) is 0 Å². The summed E-state index contributed by atoms with van der Waals surface area (Å²) in [5.41, 5.74) is 1.01. The second-order valence-corrected chi connectivity index (χ2v) is 4.19. The number of methoxy groups -OCH3 is 2. The van der Waals surface area contributed by atoms with Gasteiger partial charge in [0.2, 0.25) is 0 Å². The SMILES string of the molecule is COC(=O)C(O)c1cc(OC)c2c(c1Cl)CCO2. The van der Waals surface area contributed by atoms with E-state index in [1.165, 1.54) is 20.3 Å². The molecular weight excluding hydrogens is 260 g/mol. The Morgan fingerprint density at radius 1 is 1.56 bits per heavy atom. The van der Waals surface area contributed by atoms with E-state index in [2.05, 4.69) is 4.74 Å². The van der Waals surface area contributed by atoms with E-state index < -0.39 is 12.1 Å². The van der Waals surface area contributed by atoms with Crippen LogP contribution in [0.3, 0.4) is 0 Å². The molecule has 18 heavy (non-hydrogen) atoms. The number of halogens is 1. The Morgan fingerprint density at radius 2 is 2.28 bits per heavy atom. The van der Waals surface area contributed by atoms with Gasteiger partial charge in [-0.05, 0) is 6.07 Å². The van der Waals surface area contributed by atoms with Crippen LogP contribution in [0.25, 0.3) is 0 Å². The molecule has 1 aliphatic heterocycles. The summed E-state index contributed by atoms with van der Waals surface area (Å²) >= 11 is 6.18. The quantitative estimate of drug-likeness (QED) is 0.845. The minimum atomic E-state index is -1.43. The number of esters is 1. The van der Waals surface area contributed by atoms with E-state index >= 15 is 0 Å². The van der Waals surface area contributed by atoms with Gasteiger partial charge in [-0.1, -0.05) is 11.6 Å². The van der Waals surface area contributed by atoms with Gasteiger partial charge in [0.15, 0.2) is 17.6 Å². The average Bonchev–Trinajstić information content (AvgIpc) is 2.87. The third-order valence-electron chi connectivity index (χ3n) is 2.84. The molecule has 98 valence electrons. The third kappa shape index (κ3) is 2.00. The number of aliphatic hydroxyl groups excluding tert-OH is 1. The van der Waals surface area contributed by atoms with E-state index in [4.69, 9.17) is 21.1 Å². The largest absolute Gasteiger partial charge is 0.493 e. The van der Waals surface area contributed by atoms with Gasteiger partial charge in [0.05, 0.1) is 25.8 Å². The summed E-state index contributed by atoms with van der Waals surface area (Å²) in [7, 11) is 2.69. The number of carbonyl (C=O) groups is 1. The summed E-state index contributed by atoms with van der Waals surface area (Å²) in [6.07, 6.45) is -0.811. The van der Waals surface area contributed by atoms with Crippen LogP contribution in [0.15, 0.2) is 6.07 Å². The van der Waals surface area contributed by atoms with Crippen molar-refractivity contribution in [3.05, 3.63) is 22.2 Å². The average molecular weight is 273 g/mol. The Labute approximate surface area is 109 Å². The van der Waals surface area contributed by atoms with Crippen LogP contribution < -0.4 is 9.47 Å². The molecule has 1 heterocycles. The molecule has 1 N–H and O–H groups in total. The lowest BCUT2D eigenvalue weighted by Crippen LogP contribution is -2.14. The minimum Gasteiger partial charge on any atom is -0.493 e. The van der Waals surface area contributed by atoms with Crippen LogP contribution in [0, 0.1) is 0 Å². The number of hydrogen-bond donors (Lipinski definition) is 1. The highest BCUT2D eigenvalue weighted by Crippen LogP contribution is 2.43. The zero-order chi connectivity index (χ0) is 13.3. The van der Waals surface area contributed by atoms with Crippen molar-refractivity contribution in [1.82, 2.24) is 0 Å². The number of hydrogen-bond acceptors (Lipinski definition) is 5. The maximum Gasteiger partial charge on any atom is 0.339 e. The molecule has 0 aliphatic carbocycles. The molecule has 0 spiro atoms. The van der Waals surface area contributed by atoms with Crippen molar-refractivity contribution >= 4 is 17.6 Å². The van der Waals surface area contributed by atoms with Crippen molar-refractivity contribution in [3.63, 3.8) is 0 Å². The number of carbonyl (C=O) groups excluding carboxylic acids is 1. The van der Waals surface area contributed by atoms with Crippen LogP contribution in [0.5, 0.6) is 11.5 Å². The fourth-order valence-electron chi connectivity index (χ4n) is 1.92. The first-order valence-corrected chi connectivity index (χ1v) is 5.76. The topological polar surface area (TPSA) is 65.0 Å². The van der Waals surface area contributed by atoms with Crippen LogP contribution in [0.2, 0.25) is 5.02 Å². The number of rotatable bonds is 3. The molecule has 1 aromatic rings. The van der Waals surface area contributed by atoms with Gasteiger partial charge < -0.3 is 19.3 Å². The molecule has 0 aromatic heterocycles. The number of ether oxygens (including phenoxy) is 3. The van der Waals surface area contributed by atoms with Crippen LogP contribution in [0.4, 0.5) is 0 Å². The number of benzene rings is 1. The van der Waals surface area contributed by atoms with E-state index in [1.54, 1.807) is 0 Å². The monoisotopic (exact) mass is 272 g/mol. The zero-order valence-corrected chi connectivity index (χ0v) is 10.8. The first kappa shape index (κ1) is 13.0. The summed E-state index contributed by atoms with van der Waals surface area (Å²) in [4.78, 5) is 11.4. The molecule has 1 aliphatic rings. The molecule has 0 fully saturated rings. The van der Waals surface area contributed by atoms with Crippen molar-refractivity contribution < 1.29 is 24.1 Å². The van der Waals surface area contributed by atoms with Crippen molar-refractivity contribution in [2.45, 2.75) is 12.5 Å². The molecular formula is C12H13ClO5. The Balaban J connectivity index is 2.52. The lowest BCUT2D eigenvalue weighted by atomic mass is 10.0. The van der Waals surface area contributed by atoms with Gasteiger partial charge in [-0.3, -0.25) is 0 Å². The summed E-state index contributed by atoms with van der Waals surface area (Å²) < 4.78 is 15.1. The molecule has 1 atom stereocenters. The lowest BCUT2D eigenvalue weighted by molar-refractivity contribution is -0.150. The fourth-order valence-corrected chi connectivity index (χ4v) is 2.26. The number of aliphatic hydroxyl groups is 1. The molecule has 0 saturated heterocycles. The highest BCUT2D eigenvalue weighted by atomic mass is 35.5. The Kier molecular flexibility index (Phi) is 3.63. The minimum absolute atomic E-state index is 0.268. The summed E-state index contributed by atoms with van der Waals surface area (Å²) in [6, 6.07) is 1.49. The Bertz CT molecular complexity index is 486. The predicted octanol–water partition coefficient (Wildman–Crippen LogP) is 1.49. The van der Waals surface area contributed by atoms with Crippen molar-refractivity contribution in [1.29, 1.82) is 0 Å². The molecule has 2 rings (SSSR count). The number of fused-ring (bicyclic) bond motifs is 1. The molecule has 1 unspecified atom stereocenters. The van der Waals surface area contributed by atoms with Crippen LogP contribution in [0.1, 0.15) is 17.2 Å². The second-order valence-electron chi connectivity index (χ2n) is 3.81. The fraction of sp³-hybridized carbons (Fsp3) is 0.417. The molecule has 0 bridgehead atoms. The van der Waals surface area contributed by atoms with Crippen molar-refractivity contribution in [3.8, 4) is 11.5 Å². The highest BCUT2D eigenvalue weighted by molar-refractivity contribution is 6.32. The summed E-state index contributed by atoms with van der Waals surface area (Å²) in [5.74, 6) is 0.256. The molecule has 5 nitrogen and oxygen atoms in total. The van der Waals surface area contributed by atoms with Crippen LogP contribution >= 0.6 is 11.6 Å². The normalized spacial score (nSPS) is 14.7. The van der Waals surface area contributed by atoms with Crippen molar-refractivity contribution in [2.24, 2.45) is 0 Å². The van der Waals surface area contributed by atoms with Gasteiger partial charge in [-0.25, -0.2) is 4.79 Å². The summed E-state index contributed by atoms with van der Waals surface area (Å²) in [5, 5.41) is 10.2. The van der Waals surface area contributed by atoms with E-state index in [1.807, 2.05) is 0 Å². The highest BCUT2D eigenvalue weighted by Gasteiger charge is 2.29. The van der Waals surface area contributed by atoms with E-state index in [0.29, 0.717) is 29.5 Å². The Hall–Kier alpha value is -1.46. The van der Waals surface area contributed by atoms with Gasteiger partial charge in [0.25, 0.3) is 0 Å². The van der Waals surface area contributed by atoms with E-state index in [9.17, 15) is 9.90 Å². The predicted molar refractivity (Wildman–Crippen MR) is 64.2 cm³/mol. The zero-order valence-electron chi connectivity index (χ0n) is 10.0. The smallest absolute Gasteiger partial charge is 0.339 e. The van der Waals surface area contributed by atoms with Gasteiger partial charge in [-0.15, -0.1) is 0 Å². The first-order chi connectivity index (χ1) is 8.60. The second kappa shape index (κ2) is 5.04. The van der Waals surface area contributed by atoms with Gasteiger partial charge in [0, 0.05) is 17.5 Å². The van der Waals surface area contributed by atoms with Gasteiger partial charge >= 0.3 is 5.97 Å². The molecule has 1 aromatic carbocycles. The molecule has 0 radical (unpaired) electrons. The maximum absolute atomic E-state index is 11.4. The van der Waals surface area contributed by atoms with Crippen LogP contribution in [-0.2, 0) is 16.0 Å². The van der Waals surface area contributed by atoms with Crippen LogP contribution in [-0.4, -0.2) is 31.9 Å². The Morgan fingerprint density at radius 3 is 2.89 bits per heavy atom. The van der Waals surface area contributed by atoms with Crippen molar-refractivity contribution in [2.75, 3.05) is 20.8 Å². The van der Waals surface area contributed by atoms with Gasteiger partial charge in [-0.2, -0.15) is 0 Å². The third-order valence-corrected chi connectivity index (χ3v) is 3.29. The van der Waals surface area contributed by atoms with E-state index in [0.717, 1.165) is 5.56 Å². The molecule has 0 saturated carbocycles. The first-order valence-electron chi connectivity index (χ1n) is 5.38. The lowest BCUT2D eigenvalue weighted by Gasteiger charge is -2.15. The summed E-state index contributed by atoms with van der Waals surface area (Å²) in [6.45, 7) is 0.503. The maximum atomic E-state index is 11.4.